The number of hydrogen-bond acceptors (Lipinski definition) is 4. The first-order valence-electron chi connectivity index (χ1n) is 9.17. The van der Waals surface area contributed by atoms with Crippen molar-refractivity contribution in [2.75, 3.05) is 4.72 Å². The number of aromatic nitrogens is 1. The third-order valence-electron chi connectivity index (χ3n) is 4.61. The van der Waals surface area contributed by atoms with Crippen LogP contribution in [-0.4, -0.2) is 19.3 Å². The summed E-state index contributed by atoms with van der Waals surface area (Å²) in [6, 6.07) is 14.9. The summed E-state index contributed by atoms with van der Waals surface area (Å²) in [6.45, 7) is 5.95. The molecule has 6 nitrogen and oxygen atoms in total. The second-order valence-electron chi connectivity index (χ2n) is 6.92. The quantitative estimate of drug-likeness (QED) is 0.644. The molecule has 0 bridgehead atoms. The minimum absolute atomic E-state index is 0.0773. The highest BCUT2D eigenvalue weighted by Gasteiger charge is 2.17. The first-order chi connectivity index (χ1) is 13.8. The molecular weight excluding hydrogens is 386 g/mol. The molecule has 1 amide bonds. The first-order valence-corrected chi connectivity index (χ1v) is 10.7. The molecule has 0 aliphatic rings. The number of carbonyl (C=O) groups excluding carboxylic acids is 1. The highest BCUT2D eigenvalue weighted by atomic mass is 32.2. The lowest BCUT2D eigenvalue weighted by Crippen LogP contribution is -2.27. The molecule has 0 aliphatic carbocycles. The van der Waals surface area contributed by atoms with Crippen molar-refractivity contribution in [2.24, 2.45) is 0 Å². The van der Waals surface area contributed by atoms with Crippen LogP contribution >= 0.6 is 0 Å². The van der Waals surface area contributed by atoms with Crippen LogP contribution in [0.1, 0.15) is 40.0 Å². The van der Waals surface area contributed by atoms with Gasteiger partial charge >= 0.3 is 0 Å². The summed E-state index contributed by atoms with van der Waals surface area (Å²) in [4.78, 5) is 16.5. The monoisotopic (exact) mass is 409 g/mol. The van der Waals surface area contributed by atoms with E-state index in [2.05, 4.69) is 21.1 Å². The summed E-state index contributed by atoms with van der Waals surface area (Å²) in [5.74, 6) is -0.260. The SMILES string of the molecule is Cc1ccc(C)c(C(C)NC(=O)c2ccc(S(=O)(=O)Nc3ccncc3)cc2)c1. The summed E-state index contributed by atoms with van der Waals surface area (Å²) >= 11 is 0. The summed E-state index contributed by atoms with van der Waals surface area (Å²) in [6.07, 6.45) is 3.00. The normalized spacial score (nSPS) is 12.2. The topological polar surface area (TPSA) is 88.2 Å². The van der Waals surface area contributed by atoms with Crippen LogP contribution < -0.4 is 10.0 Å². The summed E-state index contributed by atoms with van der Waals surface area (Å²) in [7, 11) is -3.74. The maximum absolute atomic E-state index is 12.6. The van der Waals surface area contributed by atoms with Crippen LogP contribution in [0.25, 0.3) is 0 Å². The average molecular weight is 410 g/mol. The predicted octanol–water partition coefficient (Wildman–Crippen LogP) is 3.99. The molecule has 3 rings (SSSR count). The Balaban J connectivity index is 1.72. The van der Waals surface area contributed by atoms with Gasteiger partial charge in [-0.15, -0.1) is 0 Å². The Morgan fingerprint density at radius 1 is 0.966 bits per heavy atom. The highest BCUT2D eigenvalue weighted by molar-refractivity contribution is 7.92. The maximum atomic E-state index is 12.6. The van der Waals surface area contributed by atoms with Gasteiger partial charge in [-0.3, -0.25) is 14.5 Å². The Bertz CT molecular complexity index is 1110. The van der Waals surface area contributed by atoms with Crippen LogP contribution in [0, 0.1) is 13.8 Å². The fourth-order valence-electron chi connectivity index (χ4n) is 3.00. The van der Waals surface area contributed by atoms with E-state index in [4.69, 9.17) is 0 Å². The van der Waals surface area contributed by atoms with Crippen molar-refractivity contribution >= 4 is 21.6 Å². The number of carbonyl (C=O) groups is 1. The second-order valence-corrected chi connectivity index (χ2v) is 8.60. The largest absolute Gasteiger partial charge is 0.346 e. The average Bonchev–Trinajstić information content (AvgIpc) is 2.70. The van der Waals surface area contributed by atoms with Gasteiger partial charge in [0.2, 0.25) is 0 Å². The molecule has 29 heavy (non-hydrogen) atoms. The number of hydrogen-bond donors (Lipinski definition) is 2. The summed E-state index contributed by atoms with van der Waals surface area (Å²) in [5.41, 5.74) is 4.10. The Kier molecular flexibility index (Phi) is 5.98. The van der Waals surface area contributed by atoms with Gasteiger partial charge in [0.25, 0.3) is 15.9 Å². The van der Waals surface area contributed by atoms with E-state index in [1.54, 1.807) is 12.1 Å². The van der Waals surface area contributed by atoms with E-state index in [1.165, 1.54) is 36.7 Å². The molecule has 7 heteroatoms. The third kappa shape index (κ3) is 5.00. The summed E-state index contributed by atoms with van der Waals surface area (Å²) < 4.78 is 27.4. The van der Waals surface area contributed by atoms with E-state index >= 15 is 0 Å². The van der Waals surface area contributed by atoms with Crippen LogP contribution in [-0.2, 0) is 10.0 Å². The molecule has 1 heterocycles. The molecule has 0 fully saturated rings. The minimum atomic E-state index is -3.74. The van der Waals surface area contributed by atoms with Crippen molar-refractivity contribution < 1.29 is 13.2 Å². The van der Waals surface area contributed by atoms with Gasteiger partial charge in [0.1, 0.15) is 0 Å². The van der Waals surface area contributed by atoms with E-state index in [9.17, 15) is 13.2 Å². The molecule has 0 saturated carbocycles. The number of benzene rings is 2. The van der Waals surface area contributed by atoms with E-state index in [-0.39, 0.29) is 16.8 Å². The zero-order valence-corrected chi connectivity index (χ0v) is 17.3. The third-order valence-corrected chi connectivity index (χ3v) is 6.01. The van der Waals surface area contributed by atoms with Crippen molar-refractivity contribution in [1.82, 2.24) is 10.3 Å². The van der Waals surface area contributed by atoms with Crippen molar-refractivity contribution in [3.63, 3.8) is 0 Å². The smallest absolute Gasteiger partial charge is 0.261 e. The number of nitrogens with zero attached hydrogens (tertiary/aromatic N) is 1. The number of nitrogens with one attached hydrogen (secondary N) is 2. The van der Waals surface area contributed by atoms with Crippen LogP contribution in [0.5, 0.6) is 0 Å². The van der Waals surface area contributed by atoms with Gasteiger partial charge in [-0.2, -0.15) is 0 Å². The van der Waals surface area contributed by atoms with E-state index < -0.39 is 10.0 Å². The van der Waals surface area contributed by atoms with E-state index in [1.807, 2.05) is 32.9 Å². The Labute approximate surface area is 171 Å². The maximum Gasteiger partial charge on any atom is 0.261 e. The van der Waals surface area contributed by atoms with E-state index in [0.717, 1.165) is 16.7 Å². The van der Waals surface area contributed by atoms with Crippen LogP contribution in [0.15, 0.2) is 71.9 Å². The van der Waals surface area contributed by atoms with Crippen LogP contribution in [0.4, 0.5) is 5.69 Å². The Morgan fingerprint density at radius 2 is 1.62 bits per heavy atom. The van der Waals surface area contributed by atoms with Gasteiger partial charge < -0.3 is 5.32 Å². The number of aryl methyl sites for hydroxylation is 2. The number of anilines is 1. The predicted molar refractivity (Wildman–Crippen MR) is 113 cm³/mol. The molecule has 150 valence electrons. The van der Waals surface area contributed by atoms with Crippen molar-refractivity contribution in [1.29, 1.82) is 0 Å². The second kappa shape index (κ2) is 8.45. The zero-order chi connectivity index (χ0) is 21.0. The molecule has 1 aromatic heterocycles. The molecular formula is C22H23N3O3S. The molecule has 1 unspecified atom stereocenters. The first kappa shape index (κ1) is 20.5. The van der Waals surface area contributed by atoms with E-state index in [0.29, 0.717) is 11.3 Å². The number of pyridine rings is 1. The van der Waals surface area contributed by atoms with Crippen molar-refractivity contribution in [3.8, 4) is 0 Å². The fraction of sp³-hybridized carbons (Fsp3) is 0.182. The van der Waals surface area contributed by atoms with Gasteiger partial charge in [-0.05, 0) is 68.3 Å². The van der Waals surface area contributed by atoms with Crippen LogP contribution in [0.2, 0.25) is 0 Å². The molecule has 0 saturated heterocycles. The number of sulfonamides is 1. The van der Waals surface area contributed by atoms with Gasteiger partial charge in [-0.1, -0.05) is 23.8 Å². The van der Waals surface area contributed by atoms with Gasteiger partial charge in [-0.25, -0.2) is 8.42 Å². The molecule has 0 aliphatic heterocycles. The molecule has 0 radical (unpaired) electrons. The lowest BCUT2D eigenvalue weighted by Gasteiger charge is -2.17. The lowest BCUT2D eigenvalue weighted by molar-refractivity contribution is 0.0939. The Morgan fingerprint density at radius 3 is 2.28 bits per heavy atom. The molecule has 2 aromatic carbocycles. The van der Waals surface area contributed by atoms with Crippen LogP contribution in [0.3, 0.4) is 0 Å². The fourth-order valence-corrected chi connectivity index (χ4v) is 4.06. The van der Waals surface area contributed by atoms with Crippen molar-refractivity contribution in [3.05, 3.63) is 89.2 Å². The van der Waals surface area contributed by atoms with Gasteiger partial charge in [0.05, 0.1) is 16.6 Å². The molecule has 2 N–H and O–H groups in total. The van der Waals surface area contributed by atoms with Gasteiger partial charge in [0, 0.05) is 18.0 Å². The zero-order valence-electron chi connectivity index (χ0n) is 16.5. The van der Waals surface area contributed by atoms with Crippen molar-refractivity contribution in [2.45, 2.75) is 31.7 Å². The lowest BCUT2D eigenvalue weighted by atomic mass is 10.00. The molecule has 1 atom stereocenters. The minimum Gasteiger partial charge on any atom is -0.346 e. The standard InChI is InChI=1S/C22H23N3O3S/c1-15-4-5-16(2)21(14-15)17(3)24-22(26)18-6-8-20(9-7-18)29(27,28)25-19-10-12-23-13-11-19/h4-14,17H,1-3H3,(H,23,25)(H,24,26). The number of rotatable bonds is 6. The van der Waals surface area contributed by atoms with Gasteiger partial charge in [0.15, 0.2) is 0 Å². The highest BCUT2D eigenvalue weighted by Crippen LogP contribution is 2.20. The summed E-state index contributed by atoms with van der Waals surface area (Å²) in [5, 5.41) is 2.97. The molecule has 3 aromatic rings. The number of amides is 1. The molecule has 0 spiro atoms. The Hall–Kier alpha value is -3.19.